The van der Waals surface area contributed by atoms with Crippen LogP contribution >= 0.6 is 0 Å². The van der Waals surface area contributed by atoms with Crippen LogP contribution in [0.25, 0.3) is 0 Å². The monoisotopic (exact) mass is 1140 g/mol. The van der Waals surface area contributed by atoms with Crippen molar-refractivity contribution in [3.63, 3.8) is 0 Å². The molecule has 6 nitrogen and oxygen atoms in total. The van der Waals surface area contributed by atoms with Gasteiger partial charge in [0.15, 0.2) is 6.10 Å². The minimum atomic E-state index is -0.806. The number of esters is 3. The van der Waals surface area contributed by atoms with Crippen molar-refractivity contribution in [3.05, 3.63) is 97.2 Å². The molecule has 0 fully saturated rings. The number of hydrogen-bond donors (Lipinski definition) is 0. The Bertz CT molecular complexity index is 1590. The Kier molecular flexibility index (Phi) is 66.7. The fraction of sp³-hybridized carbons (Fsp3) is 0.750. The first-order chi connectivity index (χ1) is 40.5. The molecule has 0 aromatic heterocycles. The molecule has 6 heteroatoms. The summed E-state index contributed by atoms with van der Waals surface area (Å²) in [5.41, 5.74) is 0. The number of unbranched alkanes of at least 4 members (excludes halogenated alkanes) is 37. The largest absolute Gasteiger partial charge is 0.462 e. The molecule has 472 valence electrons. The lowest BCUT2D eigenvalue weighted by molar-refractivity contribution is -0.167. The molecule has 0 amide bonds. The molecule has 0 aliphatic carbocycles. The molecule has 0 spiro atoms. The standard InChI is InChI=1S/C76H132O6/c1-4-7-10-13-16-19-22-25-28-31-33-35-36-37-38-39-40-42-43-45-48-51-54-57-60-63-66-69-75(78)81-72-73(71-80-74(77)68-65-62-59-56-53-50-47-30-27-24-21-18-15-12-9-6-3)82-76(79)70-67-64-61-58-55-52-49-46-44-41-34-32-29-26-23-20-17-14-11-8-5-2/h8,11,17,20,26,29-31,33-34,41,46-47,49,55,58,73H,4-7,9-10,12-16,18-19,21-25,27-28,32,35-40,42-45,48,50-54,56-57,59-72H2,1-3H3/b11-8-,20-17-,29-26-,33-31-,41-34-,47-30-,49-46-,58-55-. The van der Waals surface area contributed by atoms with Crippen LogP contribution in [0.15, 0.2) is 97.2 Å². The molecule has 0 heterocycles. The molecule has 0 saturated carbocycles. The highest BCUT2D eigenvalue weighted by Gasteiger charge is 2.19. The van der Waals surface area contributed by atoms with Crippen LogP contribution < -0.4 is 0 Å². The molecule has 0 aliphatic heterocycles. The molecule has 0 bridgehead atoms. The van der Waals surface area contributed by atoms with E-state index in [2.05, 4.69) is 118 Å². The van der Waals surface area contributed by atoms with E-state index in [-0.39, 0.29) is 37.5 Å². The minimum Gasteiger partial charge on any atom is -0.462 e. The van der Waals surface area contributed by atoms with E-state index >= 15 is 0 Å². The van der Waals surface area contributed by atoms with E-state index < -0.39 is 6.10 Å². The zero-order chi connectivity index (χ0) is 59.2. The number of carbonyl (C=O) groups excluding carboxylic acids is 3. The summed E-state index contributed by atoms with van der Waals surface area (Å²) in [5, 5.41) is 0. The van der Waals surface area contributed by atoms with Crippen LogP contribution in [-0.4, -0.2) is 37.2 Å². The first-order valence-electron chi connectivity index (χ1n) is 35.2. The molecule has 0 N–H and O–H groups in total. The summed E-state index contributed by atoms with van der Waals surface area (Å²) in [5.74, 6) is -0.934. The predicted molar refractivity (Wildman–Crippen MR) is 357 cm³/mol. The van der Waals surface area contributed by atoms with Crippen molar-refractivity contribution in [2.75, 3.05) is 13.2 Å². The lowest BCUT2D eigenvalue weighted by atomic mass is 10.0. The van der Waals surface area contributed by atoms with Gasteiger partial charge in [0.05, 0.1) is 0 Å². The van der Waals surface area contributed by atoms with Crippen molar-refractivity contribution in [2.45, 2.75) is 354 Å². The van der Waals surface area contributed by atoms with Crippen LogP contribution in [0, 0.1) is 0 Å². The maximum absolute atomic E-state index is 12.9. The predicted octanol–water partition coefficient (Wildman–Crippen LogP) is 24.4. The Balaban J connectivity index is 4.37. The molecule has 82 heavy (non-hydrogen) atoms. The smallest absolute Gasteiger partial charge is 0.306 e. The van der Waals surface area contributed by atoms with Gasteiger partial charge < -0.3 is 14.2 Å². The van der Waals surface area contributed by atoms with E-state index in [1.165, 1.54) is 205 Å². The minimum absolute atomic E-state index is 0.0960. The molecular weight excluding hydrogens is 1010 g/mol. The fourth-order valence-corrected chi connectivity index (χ4v) is 10.0. The van der Waals surface area contributed by atoms with Gasteiger partial charge in [-0.25, -0.2) is 0 Å². The summed E-state index contributed by atoms with van der Waals surface area (Å²) in [7, 11) is 0. The van der Waals surface area contributed by atoms with Gasteiger partial charge >= 0.3 is 17.9 Å². The first kappa shape index (κ1) is 78.3. The van der Waals surface area contributed by atoms with Gasteiger partial charge in [0, 0.05) is 19.3 Å². The Hall–Kier alpha value is -3.67. The highest BCUT2D eigenvalue weighted by atomic mass is 16.6. The third-order valence-electron chi connectivity index (χ3n) is 15.3. The van der Waals surface area contributed by atoms with E-state index in [0.717, 1.165) is 96.3 Å². The van der Waals surface area contributed by atoms with E-state index in [9.17, 15) is 14.4 Å². The number of allylic oxidation sites excluding steroid dienone is 16. The van der Waals surface area contributed by atoms with Crippen molar-refractivity contribution in [1.29, 1.82) is 0 Å². The van der Waals surface area contributed by atoms with Gasteiger partial charge in [0.25, 0.3) is 0 Å². The van der Waals surface area contributed by atoms with Crippen molar-refractivity contribution >= 4 is 17.9 Å². The number of ether oxygens (including phenoxy) is 3. The third kappa shape index (κ3) is 67.1. The Morgan fingerprint density at radius 2 is 0.476 bits per heavy atom. The number of hydrogen-bond acceptors (Lipinski definition) is 6. The van der Waals surface area contributed by atoms with Crippen molar-refractivity contribution in [1.82, 2.24) is 0 Å². The molecule has 0 radical (unpaired) electrons. The average Bonchev–Trinajstić information content (AvgIpc) is 3.48. The Morgan fingerprint density at radius 3 is 0.780 bits per heavy atom. The van der Waals surface area contributed by atoms with E-state index in [4.69, 9.17) is 14.2 Å². The summed E-state index contributed by atoms with van der Waals surface area (Å²) in [4.78, 5) is 38.4. The second-order valence-electron chi connectivity index (χ2n) is 23.4. The highest BCUT2D eigenvalue weighted by Crippen LogP contribution is 2.17. The zero-order valence-corrected chi connectivity index (χ0v) is 54.2. The molecule has 0 saturated heterocycles. The second kappa shape index (κ2) is 69.8. The Morgan fingerprint density at radius 1 is 0.256 bits per heavy atom. The summed E-state index contributed by atoms with van der Waals surface area (Å²) < 4.78 is 16.9. The summed E-state index contributed by atoms with van der Waals surface area (Å²) in [6, 6.07) is 0. The van der Waals surface area contributed by atoms with Crippen LogP contribution in [0.2, 0.25) is 0 Å². The first-order valence-corrected chi connectivity index (χ1v) is 35.2. The molecule has 0 aliphatic rings. The fourth-order valence-electron chi connectivity index (χ4n) is 10.0. The normalized spacial score (nSPS) is 12.7. The van der Waals surface area contributed by atoms with Crippen LogP contribution in [-0.2, 0) is 28.6 Å². The summed E-state index contributed by atoms with van der Waals surface area (Å²) >= 11 is 0. The SMILES string of the molecule is CC/C=C\C/C=C\C/C=C\C/C=C\C/C=C\C/C=C\CCCCC(=O)OC(COC(=O)CCCCCCC/C=C\CCCCCCCCC)COC(=O)CCCCCCCCCCCCCCCCC/C=C\CCCCCCCCCC. The lowest BCUT2D eigenvalue weighted by Gasteiger charge is -2.18. The second-order valence-corrected chi connectivity index (χ2v) is 23.4. The highest BCUT2D eigenvalue weighted by molar-refractivity contribution is 5.71. The maximum Gasteiger partial charge on any atom is 0.306 e. The molecular formula is C76H132O6. The van der Waals surface area contributed by atoms with Gasteiger partial charge in [-0.05, 0) is 122 Å². The Labute approximate surface area is 508 Å². The zero-order valence-electron chi connectivity index (χ0n) is 54.2. The van der Waals surface area contributed by atoms with Gasteiger partial charge in [-0.1, -0.05) is 304 Å². The van der Waals surface area contributed by atoms with Gasteiger partial charge in [0.1, 0.15) is 13.2 Å². The molecule has 0 aromatic carbocycles. The number of carbonyl (C=O) groups is 3. The molecule has 1 atom stereocenters. The van der Waals surface area contributed by atoms with Crippen molar-refractivity contribution in [2.24, 2.45) is 0 Å². The quantitative estimate of drug-likeness (QED) is 0.0261. The van der Waals surface area contributed by atoms with Crippen molar-refractivity contribution < 1.29 is 28.6 Å². The van der Waals surface area contributed by atoms with Crippen LogP contribution in [0.5, 0.6) is 0 Å². The van der Waals surface area contributed by atoms with E-state index in [1.54, 1.807) is 0 Å². The average molecular weight is 1140 g/mol. The van der Waals surface area contributed by atoms with Gasteiger partial charge in [-0.2, -0.15) is 0 Å². The van der Waals surface area contributed by atoms with Crippen LogP contribution in [0.3, 0.4) is 0 Å². The molecule has 0 rings (SSSR count). The van der Waals surface area contributed by atoms with Gasteiger partial charge in [0.2, 0.25) is 0 Å². The molecule has 0 aromatic rings. The van der Waals surface area contributed by atoms with Crippen LogP contribution in [0.1, 0.15) is 348 Å². The lowest BCUT2D eigenvalue weighted by Crippen LogP contribution is -2.30. The van der Waals surface area contributed by atoms with E-state index in [0.29, 0.717) is 19.3 Å². The van der Waals surface area contributed by atoms with E-state index in [1.807, 2.05) is 0 Å². The van der Waals surface area contributed by atoms with Crippen LogP contribution in [0.4, 0.5) is 0 Å². The topological polar surface area (TPSA) is 78.9 Å². The third-order valence-corrected chi connectivity index (χ3v) is 15.3. The maximum atomic E-state index is 12.9. The molecule has 1 unspecified atom stereocenters. The van der Waals surface area contributed by atoms with Crippen molar-refractivity contribution in [3.8, 4) is 0 Å². The van der Waals surface area contributed by atoms with Gasteiger partial charge in [-0.15, -0.1) is 0 Å². The van der Waals surface area contributed by atoms with Gasteiger partial charge in [-0.3, -0.25) is 14.4 Å². The summed E-state index contributed by atoms with van der Waals surface area (Å²) in [6.07, 6.45) is 94.4. The summed E-state index contributed by atoms with van der Waals surface area (Å²) in [6.45, 7) is 6.52. The number of rotatable bonds is 64.